The third kappa shape index (κ3) is 6.17. The molecule has 0 heterocycles. The van der Waals surface area contributed by atoms with E-state index in [0.717, 1.165) is 11.6 Å². The number of ether oxygens (including phenoxy) is 2. The third-order valence-electron chi connectivity index (χ3n) is 4.79. The molecule has 0 aromatic heterocycles. The minimum Gasteiger partial charge on any atom is -0.465 e. The monoisotopic (exact) mass is 516 g/mol. The second kappa shape index (κ2) is 10.6. The Morgan fingerprint density at radius 2 is 1.43 bits per heavy atom. The van der Waals surface area contributed by atoms with Gasteiger partial charge >= 0.3 is 11.9 Å². The van der Waals surface area contributed by atoms with Crippen LogP contribution in [0.25, 0.3) is 0 Å². The van der Waals surface area contributed by atoms with Crippen molar-refractivity contribution in [2.75, 3.05) is 24.3 Å². The molecule has 3 aromatic carbocycles. The van der Waals surface area contributed by atoms with Crippen molar-refractivity contribution in [3.63, 3.8) is 0 Å². The number of amides is 1. The summed E-state index contributed by atoms with van der Waals surface area (Å²) >= 11 is 6.13. The first kappa shape index (κ1) is 25.7. The summed E-state index contributed by atoms with van der Waals surface area (Å²) in [5.74, 6) is -2.16. The van der Waals surface area contributed by atoms with Gasteiger partial charge in [0, 0.05) is 16.9 Å². The predicted molar refractivity (Wildman–Crippen MR) is 131 cm³/mol. The lowest BCUT2D eigenvalue weighted by atomic mass is 10.1. The Hall–Kier alpha value is -3.89. The number of esters is 2. The molecule has 0 bridgehead atoms. The summed E-state index contributed by atoms with van der Waals surface area (Å²) in [5.41, 5.74) is 1.27. The van der Waals surface area contributed by atoms with Gasteiger partial charge < -0.3 is 14.8 Å². The molecule has 182 valence electrons. The van der Waals surface area contributed by atoms with Crippen molar-refractivity contribution < 1.29 is 32.3 Å². The normalized spacial score (nSPS) is 10.9. The van der Waals surface area contributed by atoms with Crippen molar-refractivity contribution >= 4 is 50.8 Å². The van der Waals surface area contributed by atoms with Crippen LogP contribution in [0.1, 0.15) is 36.6 Å². The van der Waals surface area contributed by atoms with Crippen LogP contribution in [0.15, 0.2) is 65.6 Å². The van der Waals surface area contributed by atoms with Crippen LogP contribution in [0.4, 0.5) is 11.4 Å². The molecule has 0 unspecified atom stereocenters. The predicted octanol–water partition coefficient (Wildman–Crippen LogP) is 4.27. The Morgan fingerprint density at radius 3 is 2.00 bits per heavy atom. The number of rotatable bonds is 7. The molecule has 11 heteroatoms. The maximum Gasteiger partial charge on any atom is 0.337 e. The molecular formula is C24H21ClN2O7S. The minimum atomic E-state index is -4.12. The summed E-state index contributed by atoms with van der Waals surface area (Å²) in [6.07, 6.45) is 0. The number of carbonyl (C=O) groups is 3. The van der Waals surface area contributed by atoms with Gasteiger partial charge in [0.15, 0.2) is 0 Å². The summed E-state index contributed by atoms with van der Waals surface area (Å²) in [6.45, 7) is 1.82. The van der Waals surface area contributed by atoms with Crippen LogP contribution in [0, 0.1) is 6.92 Å². The van der Waals surface area contributed by atoms with E-state index in [-0.39, 0.29) is 32.3 Å². The van der Waals surface area contributed by atoms with E-state index in [4.69, 9.17) is 11.6 Å². The maximum atomic E-state index is 12.9. The Kier molecular flexibility index (Phi) is 7.78. The molecule has 0 fully saturated rings. The average Bonchev–Trinajstić information content (AvgIpc) is 2.82. The van der Waals surface area contributed by atoms with Crippen LogP contribution >= 0.6 is 11.6 Å². The zero-order chi connectivity index (χ0) is 25.8. The summed E-state index contributed by atoms with van der Waals surface area (Å²) < 4.78 is 37.7. The number of carbonyl (C=O) groups excluding carboxylic acids is 3. The van der Waals surface area contributed by atoms with Crippen molar-refractivity contribution in [1.29, 1.82) is 0 Å². The van der Waals surface area contributed by atoms with E-state index in [1.165, 1.54) is 44.6 Å². The summed E-state index contributed by atoms with van der Waals surface area (Å²) in [6, 6.07) is 14.4. The number of anilines is 2. The van der Waals surface area contributed by atoms with Crippen LogP contribution in [-0.2, 0) is 19.5 Å². The van der Waals surface area contributed by atoms with E-state index in [1.807, 2.05) is 13.0 Å². The first-order chi connectivity index (χ1) is 16.5. The Balaban J connectivity index is 1.93. The average molecular weight is 517 g/mol. The van der Waals surface area contributed by atoms with Crippen molar-refractivity contribution in [2.24, 2.45) is 0 Å². The van der Waals surface area contributed by atoms with Crippen molar-refractivity contribution in [1.82, 2.24) is 0 Å². The Morgan fingerprint density at radius 1 is 0.800 bits per heavy atom. The molecule has 3 aromatic rings. The van der Waals surface area contributed by atoms with Crippen LogP contribution < -0.4 is 10.0 Å². The van der Waals surface area contributed by atoms with Gasteiger partial charge in [0.05, 0.1) is 30.4 Å². The topological polar surface area (TPSA) is 128 Å². The number of sulfonamides is 1. The highest BCUT2D eigenvalue weighted by Crippen LogP contribution is 2.26. The van der Waals surface area contributed by atoms with E-state index in [1.54, 1.807) is 18.2 Å². The van der Waals surface area contributed by atoms with Gasteiger partial charge in [0.1, 0.15) is 4.90 Å². The Labute approximate surface area is 207 Å². The van der Waals surface area contributed by atoms with Gasteiger partial charge in [-0.2, -0.15) is 0 Å². The first-order valence-corrected chi connectivity index (χ1v) is 11.9. The van der Waals surface area contributed by atoms with Gasteiger partial charge in [-0.1, -0.05) is 23.7 Å². The lowest BCUT2D eigenvalue weighted by Crippen LogP contribution is -2.17. The zero-order valence-electron chi connectivity index (χ0n) is 18.9. The second-order valence-electron chi connectivity index (χ2n) is 7.36. The molecule has 0 atom stereocenters. The van der Waals surface area contributed by atoms with Crippen LogP contribution in [0.5, 0.6) is 0 Å². The highest BCUT2D eigenvalue weighted by atomic mass is 35.5. The molecular weight excluding hydrogens is 496 g/mol. The SMILES string of the molecule is COC(=O)c1cc(NC(=O)c2ccc(Cl)c(S(=O)(=O)Nc3cccc(C)c3)c2)cc(C(=O)OC)c1. The van der Waals surface area contributed by atoms with Crippen LogP contribution in [0.3, 0.4) is 0 Å². The molecule has 0 spiro atoms. The van der Waals surface area contributed by atoms with E-state index in [2.05, 4.69) is 19.5 Å². The van der Waals surface area contributed by atoms with E-state index in [9.17, 15) is 22.8 Å². The van der Waals surface area contributed by atoms with Gasteiger partial charge in [-0.25, -0.2) is 18.0 Å². The first-order valence-electron chi connectivity index (χ1n) is 10.1. The smallest absolute Gasteiger partial charge is 0.337 e. The largest absolute Gasteiger partial charge is 0.465 e. The fraction of sp³-hybridized carbons (Fsp3) is 0.125. The molecule has 35 heavy (non-hydrogen) atoms. The number of methoxy groups -OCH3 is 2. The number of hydrogen-bond donors (Lipinski definition) is 2. The van der Waals surface area contributed by atoms with Gasteiger partial charge in [-0.15, -0.1) is 0 Å². The highest BCUT2D eigenvalue weighted by molar-refractivity contribution is 7.92. The molecule has 0 aliphatic rings. The van der Waals surface area contributed by atoms with Crippen molar-refractivity contribution in [2.45, 2.75) is 11.8 Å². The van der Waals surface area contributed by atoms with E-state index in [0.29, 0.717) is 5.69 Å². The van der Waals surface area contributed by atoms with Crippen molar-refractivity contribution in [3.05, 3.63) is 87.9 Å². The molecule has 0 aliphatic carbocycles. The number of benzene rings is 3. The summed E-state index contributed by atoms with van der Waals surface area (Å²) in [7, 11) is -1.77. The fourth-order valence-corrected chi connectivity index (χ4v) is 4.72. The highest BCUT2D eigenvalue weighted by Gasteiger charge is 2.21. The minimum absolute atomic E-state index is 0.00688. The number of halogens is 1. The maximum absolute atomic E-state index is 12.9. The fourth-order valence-electron chi connectivity index (χ4n) is 3.14. The van der Waals surface area contributed by atoms with Crippen LogP contribution in [0.2, 0.25) is 5.02 Å². The summed E-state index contributed by atoms with van der Waals surface area (Å²) in [4.78, 5) is 36.6. The third-order valence-corrected chi connectivity index (χ3v) is 6.65. The lowest BCUT2D eigenvalue weighted by Gasteiger charge is -2.12. The van der Waals surface area contributed by atoms with Gasteiger partial charge in [0.2, 0.25) is 0 Å². The molecule has 0 saturated heterocycles. The Bertz CT molecular complexity index is 1390. The van der Waals surface area contributed by atoms with E-state index >= 15 is 0 Å². The molecule has 9 nitrogen and oxygen atoms in total. The van der Waals surface area contributed by atoms with Gasteiger partial charge in [-0.3, -0.25) is 9.52 Å². The standard InChI is InChI=1S/C24H21ClN2O7S/c1-14-5-4-6-18(9-14)27-35(31,32)21-13-15(7-8-20(21)25)22(28)26-19-11-16(23(29)33-2)10-17(12-19)24(30)34-3/h4-13,27H,1-3H3,(H,26,28). The van der Waals surface area contributed by atoms with Crippen LogP contribution in [-0.4, -0.2) is 40.5 Å². The van der Waals surface area contributed by atoms with Gasteiger partial charge in [0.25, 0.3) is 15.9 Å². The molecule has 1 amide bonds. The van der Waals surface area contributed by atoms with Crippen molar-refractivity contribution in [3.8, 4) is 0 Å². The molecule has 0 radical (unpaired) electrons. The number of aryl methyl sites for hydroxylation is 1. The second-order valence-corrected chi connectivity index (χ2v) is 9.41. The van der Waals surface area contributed by atoms with Gasteiger partial charge in [-0.05, 0) is 61.0 Å². The molecule has 0 aliphatic heterocycles. The number of nitrogens with one attached hydrogen (secondary N) is 2. The number of hydrogen-bond acceptors (Lipinski definition) is 7. The molecule has 0 saturated carbocycles. The lowest BCUT2D eigenvalue weighted by molar-refractivity contribution is 0.0598. The quantitative estimate of drug-likeness (QED) is 0.449. The zero-order valence-corrected chi connectivity index (χ0v) is 20.5. The molecule has 3 rings (SSSR count). The van der Waals surface area contributed by atoms with E-state index < -0.39 is 27.9 Å². The summed E-state index contributed by atoms with van der Waals surface area (Å²) in [5, 5.41) is 2.46. The molecule has 2 N–H and O–H groups in total.